The van der Waals surface area contributed by atoms with E-state index in [0.29, 0.717) is 5.56 Å². The molecule has 0 aliphatic rings. The Morgan fingerprint density at radius 2 is 1.75 bits per heavy atom. The van der Waals surface area contributed by atoms with Gasteiger partial charge in [0.2, 0.25) is 0 Å². The maximum Gasteiger partial charge on any atom is 0.279 e. The number of halogens is 2. The van der Waals surface area contributed by atoms with Crippen LogP contribution in [-0.2, 0) is 5.92 Å². The van der Waals surface area contributed by atoms with Crippen molar-refractivity contribution < 1.29 is 8.78 Å². The van der Waals surface area contributed by atoms with Crippen LogP contribution in [0.4, 0.5) is 8.78 Å². The molecule has 0 fully saturated rings. The first-order chi connectivity index (χ1) is 7.22. The van der Waals surface area contributed by atoms with E-state index in [1.165, 1.54) is 19.9 Å². The largest absolute Gasteiger partial charge is 0.330 e. The molecular weight excluding hydrogens is 208 g/mol. The Hall–Kier alpha value is -0.960. The van der Waals surface area contributed by atoms with E-state index in [9.17, 15) is 8.78 Å². The molecule has 0 aromatic heterocycles. The maximum atomic E-state index is 14.2. The highest BCUT2D eigenvalue weighted by Crippen LogP contribution is 2.45. The average Bonchev–Trinajstić information content (AvgIpc) is 2.16. The van der Waals surface area contributed by atoms with Gasteiger partial charge in [0.1, 0.15) is 0 Å². The summed E-state index contributed by atoms with van der Waals surface area (Å²) in [6, 6.07) is 4.99. The van der Waals surface area contributed by atoms with Crippen molar-refractivity contribution in [2.45, 2.75) is 33.6 Å². The first-order valence-electron chi connectivity index (χ1n) is 5.38. The molecule has 0 aliphatic carbocycles. The second kappa shape index (κ2) is 4.13. The van der Waals surface area contributed by atoms with Gasteiger partial charge in [-0.15, -0.1) is 0 Å². The molecule has 0 radical (unpaired) electrons. The Bertz CT molecular complexity index is 384. The highest BCUT2D eigenvalue weighted by Gasteiger charge is 2.47. The normalized spacial score (nSPS) is 12.9. The van der Waals surface area contributed by atoms with Crippen molar-refractivity contribution in [1.82, 2.24) is 0 Å². The highest BCUT2D eigenvalue weighted by atomic mass is 19.3. The minimum Gasteiger partial charge on any atom is -0.330 e. The van der Waals surface area contributed by atoms with Crippen LogP contribution in [0.25, 0.3) is 0 Å². The third-order valence-electron chi connectivity index (χ3n) is 3.08. The van der Waals surface area contributed by atoms with Crippen LogP contribution in [0.15, 0.2) is 18.2 Å². The van der Waals surface area contributed by atoms with E-state index in [1.807, 2.05) is 6.92 Å². The lowest BCUT2D eigenvalue weighted by atomic mass is 9.80. The Balaban J connectivity index is 3.27. The number of alkyl halides is 2. The van der Waals surface area contributed by atoms with E-state index in [0.717, 1.165) is 5.56 Å². The van der Waals surface area contributed by atoms with Crippen LogP contribution in [-0.4, -0.2) is 6.54 Å². The molecule has 1 aromatic carbocycles. The lowest BCUT2D eigenvalue weighted by Crippen LogP contribution is -2.40. The Labute approximate surface area is 95.7 Å². The number of nitrogens with two attached hydrogens (primary N) is 1. The van der Waals surface area contributed by atoms with Crippen molar-refractivity contribution in [3.05, 3.63) is 34.9 Å². The van der Waals surface area contributed by atoms with Crippen LogP contribution in [0, 0.1) is 19.3 Å². The number of rotatable bonds is 3. The predicted molar refractivity (Wildman–Crippen MR) is 62.6 cm³/mol. The van der Waals surface area contributed by atoms with Crippen LogP contribution in [0.5, 0.6) is 0 Å². The molecule has 0 unspecified atom stereocenters. The summed E-state index contributed by atoms with van der Waals surface area (Å²) in [6.07, 6.45) is 0. The molecule has 0 saturated carbocycles. The molecule has 0 aliphatic heterocycles. The number of hydrogen-bond donors (Lipinski definition) is 1. The van der Waals surface area contributed by atoms with Gasteiger partial charge in [0, 0.05) is 17.5 Å². The standard InChI is InChI=1S/C13H19F2N/c1-9-5-6-11(10(2)7-9)13(14,15)12(3,4)8-16/h5-7H,8,16H2,1-4H3. The summed E-state index contributed by atoms with van der Waals surface area (Å²) >= 11 is 0. The van der Waals surface area contributed by atoms with E-state index < -0.39 is 11.3 Å². The van der Waals surface area contributed by atoms with Gasteiger partial charge in [0.15, 0.2) is 0 Å². The molecule has 90 valence electrons. The quantitative estimate of drug-likeness (QED) is 0.841. The maximum absolute atomic E-state index is 14.2. The molecule has 0 saturated heterocycles. The molecule has 3 heteroatoms. The summed E-state index contributed by atoms with van der Waals surface area (Å²) in [5.74, 6) is -2.90. The molecule has 16 heavy (non-hydrogen) atoms. The van der Waals surface area contributed by atoms with Crippen LogP contribution in [0.3, 0.4) is 0 Å². The third-order valence-corrected chi connectivity index (χ3v) is 3.08. The minimum atomic E-state index is -2.90. The van der Waals surface area contributed by atoms with Gasteiger partial charge in [-0.2, -0.15) is 0 Å². The molecule has 0 atom stereocenters. The minimum absolute atomic E-state index is 0.0483. The van der Waals surface area contributed by atoms with E-state index in [4.69, 9.17) is 5.73 Å². The average molecular weight is 227 g/mol. The highest BCUT2D eigenvalue weighted by molar-refractivity contribution is 5.34. The first kappa shape index (κ1) is 13.1. The fraction of sp³-hybridized carbons (Fsp3) is 0.538. The third kappa shape index (κ3) is 2.09. The van der Waals surface area contributed by atoms with Crippen molar-refractivity contribution in [3.8, 4) is 0 Å². The molecule has 0 spiro atoms. The molecule has 0 heterocycles. The Morgan fingerprint density at radius 3 is 2.19 bits per heavy atom. The van der Waals surface area contributed by atoms with Crippen molar-refractivity contribution in [2.24, 2.45) is 11.1 Å². The molecule has 1 nitrogen and oxygen atoms in total. The van der Waals surface area contributed by atoms with Gasteiger partial charge in [-0.3, -0.25) is 0 Å². The molecule has 1 rings (SSSR count). The van der Waals surface area contributed by atoms with Gasteiger partial charge in [-0.05, 0) is 19.4 Å². The van der Waals surface area contributed by atoms with Crippen molar-refractivity contribution in [1.29, 1.82) is 0 Å². The van der Waals surface area contributed by atoms with Crippen molar-refractivity contribution in [2.75, 3.05) is 6.54 Å². The molecular formula is C13H19F2N. The zero-order valence-corrected chi connectivity index (χ0v) is 10.3. The topological polar surface area (TPSA) is 26.0 Å². The van der Waals surface area contributed by atoms with Crippen LogP contribution < -0.4 is 5.73 Å². The second-order valence-corrected chi connectivity index (χ2v) is 4.98. The van der Waals surface area contributed by atoms with E-state index >= 15 is 0 Å². The lowest BCUT2D eigenvalue weighted by molar-refractivity contribution is -0.109. The summed E-state index contributed by atoms with van der Waals surface area (Å²) in [5.41, 5.74) is 5.88. The van der Waals surface area contributed by atoms with Crippen LogP contribution in [0.2, 0.25) is 0 Å². The molecule has 1 aromatic rings. The van der Waals surface area contributed by atoms with E-state index in [2.05, 4.69) is 0 Å². The fourth-order valence-corrected chi connectivity index (χ4v) is 1.66. The molecule has 0 bridgehead atoms. The summed E-state index contributed by atoms with van der Waals surface area (Å²) < 4.78 is 28.5. The Morgan fingerprint density at radius 1 is 1.19 bits per heavy atom. The first-order valence-corrected chi connectivity index (χ1v) is 5.38. The van der Waals surface area contributed by atoms with E-state index in [1.54, 1.807) is 19.1 Å². The van der Waals surface area contributed by atoms with Crippen LogP contribution >= 0.6 is 0 Å². The molecule has 0 amide bonds. The van der Waals surface area contributed by atoms with Crippen LogP contribution in [0.1, 0.15) is 30.5 Å². The Kier molecular flexibility index (Phi) is 3.38. The number of hydrogen-bond acceptors (Lipinski definition) is 1. The zero-order chi connectivity index (χ0) is 12.6. The van der Waals surface area contributed by atoms with Gasteiger partial charge < -0.3 is 5.73 Å². The number of benzene rings is 1. The van der Waals surface area contributed by atoms with Gasteiger partial charge in [-0.25, -0.2) is 8.78 Å². The number of aryl methyl sites for hydroxylation is 2. The summed E-state index contributed by atoms with van der Waals surface area (Å²) in [6.45, 7) is 6.54. The van der Waals surface area contributed by atoms with Gasteiger partial charge in [0.25, 0.3) is 5.92 Å². The zero-order valence-electron chi connectivity index (χ0n) is 10.3. The van der Waals surface area contributed by atoms with Gasteiger partial charge in [0.05, 0.1) is 0 Å². The van der Waals surface area contributed by atoms with E-state index in [-0.39, 0.29) is 12.1 Å². The fourth-order valence-electron chi connectivity index (χ4n) is 1.66. The predicted octanol–water partition coefficient (Wildman–Crippen LogP) is 3.38. The summed E-state index contributed by atoms with van der Waals surface area (Å²) in [5, 5.41) is 0. The smallest absolute Gasteiger partial charge is 0.279 e. The van der Waals surface area contributed by atoms with Gasteiger partial charge >= 0.3 is 0 Å². The molecule has 2 N–H and O–H groups in total. The van der Waals surface area contributed by atoms with Crippen molar-refractivity contribution >= 4 is 0 Å². The van der Waals surface area contributed by atoms with Crippen molar-refractivity contribution in [3.63, 3.8) is 0 Å². The lowest BCUT2D eigenvalue weighted by Gasteiger charge is -2.34. The second-order valence-electron chi connectivity index (χ2n) is 4.98. The SMILES string of the molecule is Cc1ccc(C(F)(F)C(C)(C)CN)c(C)c1. The summed E-state index contributed by atoms with van der Waals surface area (Å²) in [7, 11) is 0. The van der Waals surface area contributed by atoms with Gasteiger partial charge in [-0.1, -0.05) is 37.6 Å². The monoisotopic (exact) mass is 227 g/mol. The summed E-state index contributed by atoms with van der Waals surface area (Å²) in [4.78, 5) is 0.